The summed E-state index contributed by atoms with van der Waals surface area (Å²) in [6, 6.07) is 9.25. The monoisotopic (exact) mass is 341 g/mol. The van der Waals surface area contributed by atoms with E-state index in [0.29, 0.717) is 18.5 Å². The van der Waals surface area contributed by atoms with E-state index in [1.54, 1.807) is 11.3 Å². The number of thiophene rings is 1. The summed E-state index contributed by atoms with van der Waals surface area (Å²) in [6.45, 7) is 0.398. The van der Waals surface area contributed by atoms with Gasteiger partial charge in [0.25, 0.3) is 0 Å². The van der Waals surface area contributed by atoms with E-state index >= 15 is 0 Å². The fourth-order valence-electron chi connectivity index (χ4n) is 1.96. The molecule has 2 aromatic rings. The molecule has 0 spiro atoms. The Kier molecular flexibility index (Phi) is 5.68. The third-order valence-electron chi connectivity index (χ3n) is 2.90. The Morgan fingerprint density at radius 1 is 1.23 bits per heavy atom. The second kappa shape index (κ2) is 7.51. The van der Waals surface area contributed by atoms with Gasteiger partial charge in [0, 0.05) is 11.4 Å². The van der Waals surface area contributed by atoms with Gasteiger partial charge in [-0.3, -0.25) is 4.79 Å². The minimum absolute atomic E-state index is 0.339. The Bertz CT molecular complexity index is 727. The number of amides is 1. The second-order valence-corrected chi connectivity index (χ2v) is 7.94. The highest BCUT2D eigenvalue weighted by molar-refractivity contribution is 7.91. The number of benzene rings is 1. The topological polar surface area (TPSA) is 63.2 Å². The zero-order valence-corrected chi connectivity index (χ0v) is 13.4. The van der Waals surface area contributed by atoms with Crippen LogP contribution < -0.4 is 5.32 Å². The summed E-state index contributed by atoms with van der Waals surface area (Å²) >= 11 is 1.59. The van der Waals surface area contributed by atoms with Gasteiger partial charge in [0.1, 0.15) is 11.6 Å². The van der Waals surface area contributed by atoms with E-state index in [2.05, 4.69) is 5.32 Å². The van der Waals surface area contributed by atoms with E-state index in [9.17, 15) is 17.6 Å². The third-order valence-corrected chi connectivity index (χ3v) is 5.31. The highest BCUT2D eigenvalue weighted by Gasteiger charge is 2.17. The van der Waals surface area contributed by atoms with E-state index in [0.717, 1.165) is 10.9 Å². The molecule has 0 aliphatic rings. The van der Waals surface area contributed by atoms with Crippen LogP contribution in [0.4, 0.5) is 4.39 Å². The smallest absolute Gasteiger partial charge is 0.235 e. The van der Waals surface area contributed by atoms with Crippen molar-refractivity contribution < 1.29 is 17.6 Å². The molecule has 118 valence electrons. The van der Waals surface area contributed by atoms with Gasteiger partial charge in [-0.25, -0.2) is 12.8 Å². The zero-order valence-electron chi connectivity index (χ0n) is 11.8. The number of nitrogens with one attached hydrogen (secondary N) is 1. The first-order valence-electron chi connectivity index (χ1n) is 6.68. The highest BCUT2D eigenvalue weighted by atomic mass is 32.2. The molecular formula is C15H16FNO3S2. The van der Waals surface area contributed by atoms with E-state index in [1.807, 2.05) is 17.5 Å². The fourth-order valence-corrected chi connectivity index (χ4v) is 3.96. The molecule has 7 heteroatoms. The number of hydrogen-bond donors (Lipinski definition) is 1. The first-order chi connectivity index (χ1) is 10.4. The van der Waals surface area contributed by atoms with Crippen LogP contribution in [0, 0.1) is 5.82 Å². The summed E-state index contributed by atoms with van der Waals surface area (Å²) in [6.07, 6.45) is 0.674. The average Bonchev–Trinajstić information content (AvgIpc) is 2.90. The molecule has 0 aliphatic carbocycles. The molecule has 1 aromatic heterocycles. The average molecular weight is 341 g/mol. The number of halogens is 1. The Morgan fingerprint density at radius 2 is 2.05 bits per heavy atom. The number of sulfone groups is 1. The summed E-state index contributed by atoms with van der Waals surface area (Å²) < 4.78 is 36.9. The van der Waals surface area contributed by atoms with Gasteiger partial charge in [0.05, 0.1) is 5.75 Å². The number of rotatable bonds is 7. The van der Waals surface area contributed by atoms with Gasteiger partial charge in [-0.2, -0.15) is 0 Å². The van der Waals surface area contributed by atoms with Crippen LogP contribution in [-0.2, 0) is 26.8 Å². The molecule has 22 heavy (non-hydrogen) atoms. The summed E-state index contributed by atoms with van der Waals surface area (Å²) in [4.78, 5) is 12.8. The van der Waals surface area contributed by atoms with Crippen LogP contribution in [0.25, 0.3) is 0 Å². The van der Waals surface area contributed by atoms with Crippen LogP contribution in [0.1, 0.15) is 10.4 Å². The second-order valence-electron chi connectivity index (χ2n) is 4.84. The van der Waals surface area contributed by atoms with Crippen LogP contribution in [0.15, 0.2) is 41.8 Å². The fraction of sp³-hybridized carbons (Fsp3) is 0.267. The minimum Gasteiger partial charge on any atom is -0.355 e. The SMILES string of the molecule is O=C(CS(=O)(=O)Cc1cccc(F)c1)NCCc1cccs1. The molecule has 0 radical (unpaired) electrons. The molecule has 4 nitrogen and oxygen atoms in total. The molecule has 1 amide bonds. The van der Waals surface area contributed by atoms with Crippen molar-refractivity contribution in [2.45, 2.75) is 12.2 Å². The maximum atomic E-state index is 13.0. The maximum Gasteiger partial charge on any atom is 0.235 e. The van der Waals surface area contributed by atoms with E-state index in [1.165, 1.54) is 18.2 Å². The van der Waals surface area contributed by atoms with Crippen molar-refractivity contribution in [3.8, 4) is 0 Å². The summed E-state index contributed by atoms with van der Waals surface area (Å²) in [7, 11) is -3.61. The quantitative estimate of drug-likeness (QED) is 0.839. The van der Waals surface area contributed by atoms with E-state index < -0.39 is 27.3 Å². The van der Waals surface area contributed by atoms with Gasteiger partial charge in [0.2, 0.25) is 5.91 Å². The normalized spacial score (nSPS) is 11.3. The molecular weight excluding hydrogens is 325 g/mol. The summed E-state index contributed by atoms with van der Waals surface area (Å²) in [5.41, 5.74) is 0.339. The standard InChI is InChI=1S/C15H16FNO3S2/c16-13-4-1-3-12(9-13)10-22(19,20)11-15(18)17-7-6-14-5-2-8-21-14/h1-5,8-9H,6-7,10-11H2,(H,17,18). The molecule has 1 aromatic carbocycles. The lowest BCUT2D eigenvalue weighted by molar-refractivity contribution is -0.118. The first-order valence-corrected chi connectivity index (χ1v) is 9.39. The highest BCUT2D eigenvalue weighted by Crippen LogP contribution is 2.09. The zero-order chi connectivity index (χ0) is 16.0. The van der Waals surface area contributed by atoms with Gasteiger partial charge in [-0.15, -0.1) is 11.3 Å². The van der Waals surface area contributed by atoms with Crippen molar-refractivity contribution in [2.75, 3.05) is 12.3 Å². The predicted octanol–water partition coefficient (Wildman–Crippen LogP) is 2.16. The van der Waals surface area contributed by atoms with E-state index in [-0.39, 0.29) is 5.75 Å². The van der Waals surface area contributed by atoms with Gasteiger partial charge in [-0.05, 0) is 35.6 Å². The largest absolute Gasteiger partial charge is 0.355 e. The van der Waals surface area contributed by atoms with Crippen LogP contribution in [-0.4, -0.2) is 26.6 Å². The van der Waals surface area contributed by atoms with Crippen molar-refractivity contribution in [3.05, 3.63) is 58.0 Å². The molecule has 0 unspecified atom stereocenters. The van der Waals surface area contributed by atoms with Crippen molar-refractivity contribution in [2.24, 2.45) is 0 Å². The maximum absolute atomic E-state index is 13.0. The van der Waals surface area contributed by atoms with Crippen molar-refractivity contribution >= 4 is 27.1 Å². The van der Waals surface area contributed by atoms with Gasteiger partial charge < -0.3 is 5.32 Å². The van der Waals surface area contributed by atoms with Crippen LogP contribution >= 0.6 is 11.3 Å². The predicted molar refractivity (Wildman–Crippen MR) is 84.9 cm³/mol. The van der Waals surface area contributed by atoms with Crippen molar-refractivity contribution in [1.82, 2.24) is 5.32 Å². The Balaban J connectivity index is 1.81. The number of carbonyl (C=O) groups is 1. The number of hydrogen-bond acceptors (Lipinski definition) is 4. The van der Waals surface area contributed by atoms with Gasteiger partial charge in [-0.1, -0.05) is 18.2 Å². The van der Waals surface area contributed by atoms with Crippen LogP contribution in [0.2, 0.25) is 0 Å². The van der Waals surface area contributed by atoms with Crippen LogP contribution in [0.3, 0.4) is 0 Å². The molecule has 1 N–H and O–H groups in total. The van der Waals surface area contributed by atoms with Crippen LogP contribution in [0.5, 0.6) is 0 Å². The lowest BCUT2D eigenvalue weighted by Crippen LogP contribution is -2.32. The van der Waals surface area contributed by atoms with E-state index in [4.69, 9.17) is 0 Å². The first kappa shape index (κ1) is 16.6. The molecule has 0 fully saturated rings. The Morgan fingerprint density at radius 3 is 2.73 bits per heavy atom. The molecule has 0 aliphatic heterocycles. The van der Waals surface area contributed by atoms with Crippen molar-refractivity contribution in [1.29, 1.82) is 0 Å². The summed E-state index contributed by atoms with van der Waals surface area (Å²) in [5, 5.41) is 4.53. The molecule has 1 heterocycles. The molecule has 0 saturated carbocycles. The lowest BCUT2D eigenvalue weighted by Gasteiger charge is -2.06. The molecule has 0 atom stereocenters. The lowest BCUT2D eigenvalue weighted by atomic mass is 10.2. The summed E-state index contributed by atoms with van der Waals surface area (Å²) in [5.74, 6) is -1.96. The Labute approximate surface area is 132 Å². The Hall–Kier alpha value is -1.73. The minimum atomic E-state index is -3.61. The van der Waals surface area contributed by atoms with Gasteiger partial charge in [0.15, 0.2) is 9.84 Å². The molecule has 0 bridgehead atoms. The molecule has 0 saturated heterocycles. The third kappa shape index (κ3) is 5.57. The van der Waals surface area contributed by atoms with Crippen molar-refractivity contribution in [3.63, 3.8) is 0 Å². The molecule has 2 rings (SSSR count). The van der Waals surface area contributed by atoms with Gasteiger partial charge >= 0.3 is 0 Å². The number of carbonyl (C=O) groups excluding carboxylic acids is 1.